The molecule has 4 rings (SSSR count). The summed E-state index contributed by atoms with van der Waals surface area (Å²) in [5.41, 5.74) is 3.45. The van der Waals surface area contributed by atoms with E-state index in [1.165, 1.54) is 21.8 Å². The number of nitrogens with zero attached hydrogens (tertiary/aromatic N) is 2. The van der Waals surface area contributed by atoms with Gasteiger partial charge in [0.2, 0.25) is 0 Å². The lowest BCUT2D eigenvalue weighted by atomic mass is 10.1. The summed E-state index contributed by atoms with van der Waals surface area (Å²) in [6.07, 6.45) is 0.490. The zero-order chi connectivity index (χ0) is 19.9. The average molecular weight is 400 g/mol. The van der Waals surface area contributed by atoms with Gasteiger partial charge in [-0.2, -0.15) is 0 Å². The highest BCUT2D eigenvalue weighted by Gasteiger charge is 2.29. The number of nitrogens with one attached hydrogen (secondary N) is 1. The number of aromatic nitrogens is 1. The first-order valence-corrected chi connectivity index (χ1v) is 11.4. The minimum atomic E-state index is -3.01. The SMILES string of the molecule is CCn1c2ccccc2c2cc(CN(C)C(=O)N[C@@H]3CCS(=O)(=O)C3)ccc21. The molecule has 1 atom stereocenters. The summed E-state index contributed by atoms with van der Waals surface area (Å²) in [7, 11) is -1.27. The number of carbonyl (C=O) groups is 1. The lowest BCUT2D eigenvalue weighted by Crippen LogP contribution is -2.43. The van der Waals surface area contributed by atoms with Crippen molar-refractivity contribution in [1.82, 2.24) is 14.8 Å². The molecule has 7 heteroatoms. The summed E-state index contributed by atoms with van der Waals surface area (Å²) < 4.78 is 25.4. The molecule has 2 heterocycles. The van der Waals surface area contributed by atoms with E-state index in [4.69, 9.17) is 0 Å². The second kappa shape index (κ2) is 7.13. The maximum atomic E-state index is 12.5. The molecule has 1 saturated heterocycles. The molecule has 1 aliphatic rings. The topological polar surface area (TPSA) is 71.4 Å². The van der Waals surface area contributed by atoms with Crippen LogP contribution in [0.4, 0.5) is 4.79 Å². The Morgan fingerprint density at radius 1 is 1.18 bits per heavy atom. The number of benzene rings is 2. The van der Waals surface area contributed by atoms with Gasteiger partial charge in [-0.05, 0) is 37.1 Å². The molecule has 0 saturated carbocycles. The summed E-state index contributed by atoms with van der Waals surface area (Å²) in [4.78, 5) is 14.1. The predicted molar refractivity (Wildman–Crippen MR) is 112 cm³/mol. The molecule has 2 aromatic carbocycles. The number of amides is 2. The van der Waals surface area contributed by atoms with Gasteiger partial charge in [0, 0.05) is 48.0 Å². The van der Waals surface area contributed by atoms with E-state index in [9.17, 15) is 13.2 Å². The summed E-state index contributed by atoms with van der Waals surface area (Å²) >= 11 is 0. The van der Waals surface area contributed by atoms with Crippen LogP contribution in [-0.4, -0.2) is 48.5 Å². The van der Waals surface area contributed by atoms with E-state index in [1.54, 1.807) is 11.9 Å². The summed E-state index contributed by atoms with van der Waals surface area (Å²) in [5, 5.41) is 5.24. The van der Waals surface area contributed by atoms with Gasteiger partial charge in [-0.3, -0.25) is 0 Å². The van der Waals surface area contributed by atoms with Gasteiger partial charge in [-0.15, -0.1) is 0 Å². The largest absolute Gasteiger partial charge is 0.341 e. The second-order valence-corrected chi connectivity index (χ2v) is 9.75. The quantitative estimate of drug-likeness (QED) is 0.733. The molecule has 148 valence electrons. The molecule has 0 radical (unpaired) electrons. The number of sulfone groups is 1. The van der Waals surface area contributed by atoms with Crippen LogP contribution in [0, 0.1) is 0 Å². The number of fused-ring (bicyclic) bond motifs is 3. The number of para-hydroxylation sites is 1. The minimum absolute atomic E-state index is 0.0368. The first-order valence-electron chi connectivity index (χ1n) is 9.60. The zero-order valence-corrected chi connectivity index (χ0v) is 17.0. The van der Waals surface area contributed by atoms with E-state index in [2.05, 4.69) is 53.2 Å². The third-order valence-corrected chi connectivity index (χ3v) is 7.25. The van der Waals surface area contributed by atoms with E-state index in [1.807, 2.05) is 6.07 Å². The third-order valence-electron chi connectivity index (χ3n) is 5.48. The van der Waals surface area contributed by atoms with Gasteiger partial charge in [-0.1, -0.05) is 24.3 Å². The van der Waals surface area contributed by atoms with E-state index in [0.717, 1.165) is 12.1 Å². The monoisotopic (exact) mass is 399 g/mol. The van der Waals surface area contributed by atoms with Gasteiger partial charge in [0.15, 0.2) is 9.84 Å². The molecule has 1 N–H and O–H groups in total. The number of urea groups is 1. The molecule has 3 aromatic rings. The van der Waals surface area contributed by atoms with Gasteiger partial charge in [-0.25, -0.2) is 13.2 Å². The van der Waals surface area contributed by atoms with Gasteiger partial charge in [0.1, 0.15) is 0 Å². The maximum absolute atomic E-state index is 12.5. The van der Waals surface area contributed by atoms with Crippen molar-refractivity contribution in [1.29, 1.82) is 0 Å². The first-order chi connectivity index (χ1) is 13.4. The number of hydrogen-bond acceptors (Lipinski definition) is 3. The second-order valence-electron chi connectivity index (χ2n) is 7.52. The lowest BCUT2D eigenvalue weighted by molar-refractivity contribution is 0.203. The fraction of sp³-hybridized carbons (Fsp3) is 0.381. The molecular weight excluding hydrogens is 374 g/mol. The van der Waals surface area contributed by atoms with Crippen LogP contribution >= 0.6 is 0 Å². The van der Waals surface area contributed by atoms with Crippen molar-refractivity contribution in [3.63, 3.8) is 0 Å². The smallest absolute Gasteiger partial charge is 0.317 e. The van der Waals surface area contributed by atoms with Crippen molar-refractivity contribution in [2.45, 2.75) is 32.5 Å². The number of hydrogen-bond donors (Lipinski definition) is 1. The molecular formula is C21H25N3O3S. The average Bonchev–Trinajstić information content (AvgIpc) is 3.17. The van der Waals surface area contributed by atoms with Crippen LogP contribution in [0.1, 0.15) is 18.9 Å². The van der Waals surface area contributed by atoms with Crippen LogP contribution in [0.15, 0.2) is 42.5 Å². The summed E-state index contributed by atoms with van der Waals surface area (Å²) in [6, 6.07) is 14.1. The standard InChI is InChI=1S/C21H25N3O3S/c1-3-24-19-7-5-4-6-17(19)18-12-15(8-9-20(18)24)13-23(2)21(25)22-16-10-11-28(26,27)14-16/h4-9,12,16H,3,10-11,13-14H2,1-2H3,(H,22,25)/t16-/m1/s1. The molecule has 2 amide bonds. The van der Waals surface area contributed by atoms with Crippen molar-refractivity contribution < 1.29 is 13.2 Å². The highest BCUT2D eigenvalue weighted by Crippen LogP contribution is 2.30. The molecule has 6 nitrogen and oxygen atoms in total. The third kappa shape index (κ3) is 3.46. The number of aryl methyl sites for hydroxylation is 1. The van der Waals surface area contributed by atoms with E-state index >= 15 is 0 Å². The number of carbonyl (C=O) groups excluding carboxylic acids is 1. The highest BCUT2D eigenvalue weighted by molar-refractivity contribution is 7.91. The molecule has 0 aliphatic carbocycles. The van der Waals surface area contributed by atoms with Crippen molar-refractivity contribution in [2.24, 2.45) is 0 Å². The molecule has 1 aliphatic heterocycles. The first kappa shape index (κ1) is 18.8. The van der Waals surface area contributed by atoms with Gasteiger partial charge in [0.25, 0.3) is 0 Å². The van der Waals surface area contributed by atoms with Crippen LogP contribution in [0.2, 0.25) is 0 Å². The maximum Gasteiger partial charge on any atom is 0.317 e. The predicted octanol–water partition coefficient (Wildman–Crippen LogP) is 3.14. The van der Waals surface area contributed by atoms with Gasteiger partial charge >= 0.3 is 6.03 Å². The van der Waals surface area contributed by atoms with Crippen molar-refractivity contribution in [3.05, 3.63) is 48.0 Å². The normalized spacial score (nSPS) is 18.6. The lowest BCUT2D eigenvalue weighted by Gasteiger charge is -2.20. The molecule has 0 unspecified atom stereocenters. The Hall–Kier alpha value is -2.54. The highest BCUT2D eigenvalue weighted by atomic mass is 32.2. The van der Waals surface area contributed by atoms with Crippen molar-refractivity contribution >= 4 is 37.7 Å². The molecule has 0 spiro atoms. The Balaban J connectivity index is 1.54. The Morgan fingerprint density at radius 3 is 2.64 bits per heavy atom. The molecule has 0 bridgehead atoms. The summed E-state index contributed by atoms with van der Waals surface area (Å²) in [6.45, 7) is 3.50. The van der Waals surface area contributed by atoms with Crippen molar-refractivity contribution in [3.8, 4) is 0 Å². The molecule has 1 aromatic heterocycles. The van der Waals surface area contributed by atoms with Crippen LogP contribution in [0.25, 0.3) is 21.8 Å². The van der Waals surface area contributed by atoms with Crippen molar-refractivity contribution in [2.75, 3.05) is 18.6 Å². The van der Waals surface area contributed by atoms with Crippen LogP contribution < -0.4 is 5.32 Å². The Bertz CT molecular complexity index is 1150. The van der Waals surface area contributed by atoms with E-state index in [-0.39, 0.29) is 23.6 Å². The number of rotatable bonds is 4. The Morgan fingerprint density at radius 2 is 1.93 bits per heavy atom. The van der Waals surface area contributed by atoms with Gasteiger partial charge < -0.3 is 14.8 Å². The van der Waals surface area contributed by atoms with Crippen LogP contribution in [0.5, 0.6) is 0 Å². The Labute approximate surface area is 165 Å². The minimum Gasteiger partial charge on any atom is -0.341 e. The summed E-state index contributed by atoms with van der Waals surface area (Å²) in [5.74, 6) is 0.189. The van der Waals surface area contributed by atoms with E-state index in [0.29, 0.717) is 13.0 Å². The fourth-order valence-electron chi connectivity index (χ4n) is 4.08. The zero-order valence-electron chi connectivity index (χ0n) is 16.2. The Kier molecular flexibility index (Phi) is 4.79. The van der Waals surface area contributed by atoms with E-state index < -0.39 is 9.84 Å². The molecule has 28 heavy (non-hydrogen) atoms. The van der Waals surface area contributed by atoms with Crippen LogP contribution in [-0.2, 0) is 22.9 Å². The van der Waals surface area contributed by atoms with Gasteiger partial charge in [0.05, 0.1) is 11.5 Å². The molecule has 1 fully saturated rings. The van der Waals surface area contributed by atoms with Crippen LogP contribution in [0.3, 0.4) is 0 Å². The fourth-order valence-corrected chi connectivity index (χ4v) is 5.75.